The molecule has 1 saturated heterocycles. The quantitative estimate of drug-likeness (QED) is 0.767. The third-order valence-corrected chi connectivity index (χ3v) is 4.86. The average Bonchev–Trinajstić information content (AvgIpc) is 2.67. The fourth-order valence-corrected chi connectivity index (χ4v) is 3.27. The van der Waals surface area contributed by atoms with E-state index in [-0.39, 0.29) is 5.91 Å². The Labute approximate surface area is 156 Å². The predicted octanol–water partition coefficient (Wildman–Crippen LogP) is 3.15. The van der Waals surface area contributed by atoms with Gasteiger partial charge in [-0.2, -0.15) is 0 Å². The van der Waals surface area contributed by atoms with Crippen molar-refractivity contribution in [1.29, 1.82) is 0 Å². The molecule has 1 aliphatic heterocycles. The van der Waals surface area contributed by atoms with Gasteiger partial charge < -0.3 is 9.64 Å². The van der Waals surface area contributed by atoms with Crippen LogP contribution in [0.3, 0.4) is 0 Å². The Bertz CT molecular complexity index is 694. The topological polar surface area (TPSA) is 32.8 Å². The lowest BCUT2D eigenvalue weighted by atomic mass is 10.1. The lowest BCUT2D eigenvalue weighted by Crippen LogP contribution is -2.49. The largest absolute Gasteiger partial charge is 0.492 e. The van der Waals surface area contributed by atoms with Crippen molar-refractivity contribution in [2.24, 2.45) is 0 Å². The second-order valence-electron chi connectivity index (χ2n) is 6.87. The third-order valence-electron chi connectivity index (χ3n) is 4.86. The van der Waals surface area contributed by atoms with Crippen molar-refractivity contribution in [2.75, 3.05) is 39.3 Å². The Morgan fingerprint density at radius 3 is 2.50 bits per heavy atom. The first-order valence-corrected chi connectivity index (χ1v) is 9.44. The molecular weight excluding hydrogens is 324 g/mol. The summed E-state index contributed by atoms with van der Waals surface area (Å²) in [7, 11) is 0. The first-order valence-electron chi connectivity index (χ1n) is 9.44. The van der Waals surface area contributed by atoms with Crippen LogP contribution in [0.1, 0.15) is 17.5 Å². The Morgan fingerprint density at radius 1 is 1.00 bits per heavy atom. The van der Waals surface area contributed by atoms with Gasteiger partial charge in [0.2, 0.25) is 5.91 Å². The van der Waals surface area contributed by atoms with Gasteiger partial charge in [-0.25, -0.2) is 0 Å². The second-order valence-corrected chi connectivity index (χ2v) is 6.87. The normalized spacial score (nSPS) is 15.0. The Kier molecular flexibility index (Phi) is 6.67. The maximum Gasteiger partial charge on any atom is 0.222 e. The number of aryl methyl sites for hydroxylation is 2. The summed E-state index contributed by atoms with van der Waals surface area (Å²) in [6.07, 6.45) is 1.42. The standard InChI is InChI=1S/C22H28N2O2/c1-19-6-5-9-21(18-19)26-17-16-23-12-14-24(15-13-23)22(25)11-10-20-7-3-2-4-8-20/h2-9,18H,10-17H2,1H3. The van der Waals surface area contributed by atoms with Gasteiger partial charge in [0.05, 0.1) is 0 Å². The summed E-state index contributed by atoms with van der Waals surface area (Å²) >= 11 is 0. The van der Waals surface area contributed by atoms with Crippen LogP contribution in [0.15, 0.2) is 54.6 Å². The van der Waals surface area contributed by atoms with Crippen molar-refractivity contribution >= 4 is 5.91 Å². The number of carbonyl (C=O) groups excluding carboxylic acids is 1. The smallest absolute Gasteiger partial charge is 0.222 e. The minimum absolute atomic E-state index is 0.268. The number of ether oxygens (including phenoxy) is 1. The number of carbonyl (C=O) groups is 1. The molecule has 0 saturated carbocycles. The fraction of sp³-hybridized carbons (Fsp3) is 0.409. The zero-order valence-corrected chi connectivity index (χ0v) is 15.6. The van der Waals surface area contributed by atoms with Crippen LogP contribution < -0.4 is 4.74 Å². The molecule has 4 heteroatoms. The molecule has 0 unspecified atom stereocenters. The van der Waals surface area contributed by atoms with E-state index in [0.717, 1.165) is 44.9 Å². The number of hydrogen-bond acceptors (Lipinski definition) is 3. The van der Waals surface area contributed by atoms with Gasteiger partial charge in [0, 0.05) is 39.1 Å². The molecule has 0 spiro atoms. The van der Waals surface area contributed by atoms with E-state index in [0.29, 0.717) is 13.0 Å². The van der Waals surface area contributed by atoms with E-state index in [2.05, 4.69) is 36.1 Å². The number of hydrogen-bond donors (Lipinski definition) is 0. The first-order chi connectivity index (χ1) is 12.7. The van der Waals surface area contributed by atoms with Gasteiger partial charge in [-0.15, -0.1) is 0 Å². The fourth-order valence-electron chi connectivity index (χ4n) is 3.27. The molecule has 1 amide bonds. The summed E-state index contributed by atoms with van der Waals surface area (Å²) in [5.41, 5.74) is 2.44. The molecule has 138 valence electrons. The molecule has 0 N–H and O–H groups in total. The summed E-state index contributed by atoms with van der Waals surface area (Å²) in [6.45, 7) is 7.14. The summed E-state index contributed by atoms with van der Waals surface area (Å²) in [4.78, 5) is 16.8. The summed E-state index contributed by atoms with van der Waals surface area (Å²) in [5.74, 6) is 1.20. The van der Waals surface area contributed by atoms with Crippen LogP contribution in [0, 0.1) is 6.92 Å². The highest BCUT2D eigenvalue weighted by molar-refractivity contribution is 5.76. The van der Waals surface area contributed by atoms with Crippen LogP contribution in [0.2, 0.25) is 0 Å². The van der Waals surface area contributed by atoms with Crippen LogP contribution in [0.25, 0.3) is 0 Å². The van der Waals surface area contributed by atoms with E-state index in [1.807, 2.05) is 35.2 Å². The molecular formula is C22H28N2O2. The van der Waals surface area contributed by atoms with Crippen molar-refractivity contribution in [1.82, 2.24) is 9.80 Å². The summed E-state index contributed by atoms with van der Waals surface area (Å²) in [5, 5.41) is 0. The molecule has 2 aromatic rings. The maximum atomic E-state index is 12.4. The average molecular weight is 352 g/mol. The van der Waals surface area contributed by atoms with Gasteiger partial charge in [0.1, 0.15) is 12.4 Å². The number of piperazine rings is 1. The minimum atomic E-state index is 0.268. The molecule has 0 bridgehead atoms. The Balaban J connectivity index is 1.34. The van der Waals surface area contributed by atoms with Gasteiger partial charge in [0.15, 0.2) is 0 Å². The zero-order chi connectivity index (χ0) is 18.2. The van der Waals surface area contributed by atoms with Crippen LogP contribution in [-0.2, 0) is 11.2 Å². The molecule has 1 heterocycles. The Hall–Kier alpha value is -2.33. The molecule has 0 radical (unpaired) electrons. The third kappa shape index (κ3) is 5.60. The van der Waals surface area contributed by atoms with Crippen molar-refractivity contribution in [3.63, 3.8) is 0 Å². The van der Waals surface area contributed by atoms with E-state index in [4.69, 9.17) is 4.74 Å². The molecule has 0 aromatic heterocycles. The SMILES string of the molecule is Cc1cccc(OCCN2CCN(C(=O)CCc3ccccc3)CC2)c1. The lowest BCUT2D eigenvalue weighted by Gasteiger charge is -2.34. The second kappa shape index (κ2) is 9.39. The van der Waals surface area contributed by atoms with E-state index in [1.165, 1.54) is 11.1 Å². The highest BCUT2D eigenvalue weighted by atomic mass is 16.5. The Morgan fingerprint density at radius 2 is 1.77 bits per heavy atom. The lowest BCUT2D eigenvalue weighted by molar-refractivity contribution is -0.132. The highest BCUT2D eigenvalue weighted by Gasteiger charge is 2.20. The van der Waals surface area contributed by atoms with Gasteiger partial charge in [0.25, 0.3) is 0 Å². The number of benzene rings is 2. The van der Waals surface area contributed by atoms with Crippen molar-refractivity contribution in [3.8, 4) is 5.75 Å². The van der Waals surface area contributed by atoms with Crippen LogP contribution in [0.5, 0.6) is 5.75 Å². The number of rotatable bonds is 7. The number of amides is 1. The minimum Gasteiger partial charge on any atom is -0.492 e. The van der Waals surface area contributed by atoms with E-state index >= 15 is 0 Å². The molecule has 26 heavy (non-hydrogen) atoms. The van der Waals surface area contributed by atoms with Crippen molar-refractivity contribution in [3.05, 3.63) is 65.7 Å². The molecule has 1 fully saturated rings. The maximum absolute atomic E-state index is 12.4. The van der Waals surface area contributed by atoms with Crippen molar-refractivity contribution < 1.29 is 9.53 Å². The molecule has 2 aromatic carbocycles. The molecule has 1 aliphatic rings. The van der Waals surface area contributed by atoms with Gasteiger partial charge >= 0.3 is 0 Å². The van der Waals surface area contributed by atoms with Crippen LogP contribution in [-0.4, -0.2) is 55.0 Å². The molecule has 4 nitrogen and oxygen atoms in total. The summed E-state index contributed by atoms with van der Waals surface area (Å²) in [6, 6.07) is 18.4. The van der Waals surface area contributed by atoms with E-state index < -0.39 is 0 Å². The van der Waals surface area contributed by atoms with E-state index in [9.17, 15) is 4.79 Å². The molecule has 0 aliphatic carbocycles. The van der Waals surface area contributed by atoms with Crippen LogP contribution >= 0.6 is 0 Å². The monoisotopic (exact) mass is 352 g/mol. The van der Waals surface area contributed by atoms with Gasteiger partial charge in [-0.3, -0.25) is 9.69 Å². The van der Waals surface area contributed by atoms with E-state index in [1.54, 1.807) is 0 Å². The first kappa shape index (κ1) is 18.5. The van der Waals surface area contributed by atoms with Gasteiger partial charge in [-0.05, 0) is 36.6 Å². The van der Waals surface area contributed by atoms with Crippen molar-refractivity contribution in [2.45, 2.75) is 19.8 Å². The van der Waals surface area contributed by atoms with Gasteiger partial charge in [-0.1, -0.05) is 42.5 Å². The van der Waals surface area contributed by atoms with Crippen LogP contribution in [0.4, 0.5) is 0 Å². The highest BCUT2D eigenvalue weighted by Crippen LogP contribution is 2.13. The molecule has 3 rings (SSSR count). The summed E-state index contributed by atoms with van der Waals surface area (Å²) < 4.78 is 5.83. The zero-order valence-electron chi connectivity index (χ0n) is 15.6. The number of nitrogens with zero attached hydrogens (tertiary/aromatic N) is 2. The predicted molar refractivity (Wildman–Crippen MR) is 104 cm³/mol. The molecule has 0 atom stereocenters.